The number of nitrogens with two attached hydrogens (primary N) is 1. The average Bonchev–Trinajstić information content (AvgIpc) is 3.56. The predicted molar refractivity (Wildman–Crippen MR) is 261 cm³/mol. The molecule has 2 heterocycles. The molecule has 0 aromatic heterocycles. The highest BCUT2D eigenvalue weighted by atomic mass is 35.5. The summed E-state index contributed by atoms with van der Waals surface area (Å²) in [4.78, 5) is 22.3. The van der Waals surface area contributed by atoms with E-state index in [9.17, 15) is 25.6 Å². The van der Waals surface area contributed by atoms with Crippen LogP contribution in [0, 0.1) is 5.41 Å². The Bertz CT molecular complexity index is 2570. The number of hydrogen-bond acceptors (Lipinski definition) is 10. The van der Waals surface area contributed by atoms with Crippen LogP contribution in [0.2, 0.25) is 5.02 Å². The van der Waals surface area contributed by atoms with Crippen molar-refractivity contribution in [3.8, 4) is 0 Å². The molecule has 2 saturated heterocycles. The molecule has 2 N–H and O–H groups in total. The van der Waals surface area contributed by atoms with Crippen LogP contribution < -0.4 is 14.9 Å². The zero-order valence-electron chi connectivity index (χ0n) is 37.2. The average molecular weight is 1010 g/mol. The van der Waals surface area contributed by atoms with Crippen LogP contribution in [-0.4, -0.2) is 115 Å². The maximum Gasteiger partial charge on any atom is 0.427 e. The lowest BCUT2D eigenvalue weighted by atomic mass is 9.73. The minimum atomic E-state index is -5.79. The van der Waals surface area contributed by atoms with Crippen molar-refractivity contribution in [1.29, 1.82) is 0 Å². The van der Waals surface area contributed by atoms with E-state index >= 15 is 4.79 Å². The molecule has 7 rings (SSSR count). The van der Waals surface area contributed by atoms with Crippen molar-refractivity contribution in [2.75, 3.05) is 81.1 Å². The summed E-state index contributed by atoms with van der Waals surface area (Å²) in [6.45, 7) is 11.6. The van der Waals surface area contributed by atoms with Gasteiger partial charge in [0.25, 0.3) is 15.7 Å². The van der Waals surface area contributed by atoms with E-state index < -0.39 is 52.0 Å². The number of rotatable bonds is 16. The SMILES string of the molecule is CC1(C)CCC(c2ccc(Cl)cc2)=C(CN2CCN(c3ccc(C(=O)N(c4ccc(S(N)(=O)=O)cc4S(=O)(=O)C(F)(F)Cl)[C@H](CCN4CCCOCC4)CSc4ccccc4)cc3)CC2)C1. The van der Waals surface area contributed by atoms with Crippen LogP contribution in [0.15, 0.2) is 117 Å². The molecule has 4 aromatic carbocycles. The molecular formula is C48H57Cl2F2N5O6S3. The molecule has 2 aliphatic heterocycles. The van der Waals surface area contributed by atoms with Crippen LogP contribution in [0.4, 0.5) is 20.2 Å². The fraction of sp³-hybridized carbons (Fsp3) is 0.438. The molecule has 0 unspecified atom stereocenters. The maximum atomic E-state index is 15.1. The Morgan fingerprint density at radius 3 is 2.26 bits per heavy atom. The number of alkyl halides is 3. The Morgan fingerprint density at radius 1 is 0.894 bits per heavy atom. The molecule has 2 fully saturated rings. The first kappa shape index (κ1) is 50.3. The third kappa shape index (κ3) is 12.5. The van der Waals surface area contributed by atoms with Gasteiger partial charge in [-0.1, -0.05) is 61.4 Å². The number of benzene rings is 4. The van der Waals surface area contributed by atoms with E-state index in [4.69, 9.17) is 33.1 Å². The number of sulfonamides is 1. The van der Waals surface area contributed by atoms with Gasteiger partial charge in [0.1, 0.15) is 0 Å². The third-order valence-corrected chi connectivity index (χ3v) is 17.1. The summed E-state index contributed by atoms with van der Waals surface area (Å²) in [5.41, 5.74) is 4.92. The van der Waals surface area contributed by atoms with Gasteiger partial charge >= 0.3 is 4.71 Å². The van der Waals surface area contributed by atoms with Crippen LogP contribution in [0.25, 0.3) is 5.57 Å². The largest absolute Gasteiger partial charge is 0.427 e. The molecule has 1 atom stereocenters. The van der Waals surface area contributed by atoms with E-state index in [0.29, 0.717) is 38.8 Å². The number of carbonyl (C=O) groups is 1. The Morgan fingerprint density at radius 2 is 1.59 bits per heavy atom. The van der Waals surface area contributed by atoms with Gasteiger partial charge in [0.15, 0.2) is 0 Å². The lowest BCUT2D eigenvalue weighted by Gasteiger charge is -2.39. The fourth-order valence-electron chi connectivity index (χ4n) is 8.98. The van der Waals surface area contributed by atoms with Gasteiger partial charge in [0.05, 0.1) is 22.1 Å². The summed E-state index contributed by atoms with van der Waals surface area (Å²) in [6, 6.07) is 26.3. The number of nitrogens with zero attached hydrogens (tertiary/aromatic N) is 4. The lowest BCUT2D eigenvalue weighted by Crippen LogP contribution is -2.47. The number of hydrogen-bond donors (Lipinski definition) is 1. The Kier molecular flexibility index (Phi) is 16.3. The zero-order valence-corrected chi connectivity index (χ0v) is 41.1. The summed E-state index contributed by atoms with van der Waals surface area (Å²) in [6.07, 6.45) is 4.25. The van der Waals surface area contributed by atoms with Crippen LogP contribution in [0.5, 0.6) is 0 Å². The summed E-state index contributed by atoms with van der Waals surface area (Å²) >= 11 is 12.9. The van der Waals surface area contributed by atoms with Crippen LogP contribution in [-0.2, 0) is 24.6 Å². The number of thioether (sulfide) groups is 1. The van der Waals surface area contributed by atoms with Crippen LogP contribution in [0.3, 0.4) is 0 Å². The van der Waals surface area contributed by atoms with E-state index in [-0.39, 0.29) is 16.7 Å². The second-order valence-corrected chi connectivity index (χ2v) is 23.7. The van der Waals surface area contributed by atoms with Gasteiger partial charge in [-0.3, -0.25) is 9.69 Å². The molecule has 1 aliphatic carbocycles. The second-order valence-electron chi connectivity index (χ2n) is 17.9. The number of carbonyl (C=O) groups excluding carboxylic acids is 1. The summed E-state index contributed by atoms with van der Waals surface area (Å²) in [5.74, 6) is -0.437. The van der Waals surface area contributed by atoms with Gasteiger partial charge in [-0.25, -0.2) is 22.0 Å². The van der Waals surface area contributed by atoms with E-state index in [0.717, 1.165) is 92.7 Å². The Labute approximate surface area is 402 Å². The number of primary sulfonamides is 1. The van der Waals surface area contributed by atoms with Gasteiger partial charge in [-0.15, -0.1) is 11.8 Å². The number of piperazine rings is 1. The van der Waals surface area contributed by atoms with Crippen molar-refractivity contribution in [3.05, 3.63) is 119 Å². The molecule has 0 saturated carbocycles. The van der Waals surface area contributed by atoms with E-state index in [1.54, 1.807) is 12.1 Å². The third-order valence-electron chi connectivity index (χ3n) is 12.6. The number of sulfone groups is 1. The molecule has 3 aliphatic rings. The summed E-state index contributed by atoms with van der Waals surface area (Å²) < 4.78 is 83.0. The van der Waals surface area contributed by atoms with Crippen LogP contribution in [0.1, 0.15) is 61.9 Å². The first-order valence-electron chi connectivity index (χ1n) is 22.1. The minimum absolute atomic E-state index is 0.174. The smallest absolute Gasteiger partial charge is 0.380 e. The molecule has 356 valence electrons. The van der Waals surface area contributed by atoms with Crippen molar-refractivity contribution in [2.24, 2.45) is 10.6 Å². The highest BCUT2D eigenvalue weighted by Gasteiger charge is 2.47. The number of halogens is 4. The fourth-order valence-corrected chi connectivity index (χ4v) is 12.0. The minimum Gasteiger partial charge on any atom is -0.380 e. The number of amides is 1. The summed E-state index contributed by atoms with van der Waals surface area (Å²) in [5, 5.41) is 6.10. The van der Waals surface area contributed by atoms with E-state index in [1.807, 2.05) is 54.6 Å². The second kappa shape index (κ2) is 21.4. The van der Waals surface area contributed by atoms with E-state index in [2.05, 4.69) is 40.7 Å². The molecule has 66 heavy (non-hydrogen) atoms. The number of allylic oxidation sites excluding steroid dienone is 1. The maximum absolute atomic E-state index is 15.1. The molecule has 0 radical (unpaired) electrons. The highest BCUT2D eigenvalue weighted by Crippen LogP contribution is 2.44. The van der Waals surface area contributed by atoms with Crippen molar-refractivity contribution < 1.29 is 35.1 Å². The number of ether oxygens (including phenoxy) is 1. The van der Waals surface area contributed by atoms with Crippen LogP contribution >= 0.6 is 35.0 Å². The molecule has 4 aromatic rings. The normalized spacial score (nSPS) is 18.5. The quantitative estimate of drug-likeness (QED) is 0.0856. The van der Waals surface area contributed by atoms with Gasteiger partial charge in [0.2, 0.25) is 10.0 Å². The molecule has 1 amide bonds. The van der Waals surface area contributed by atoms with Gasteiger partial charge < -0.3 is 19.4 Å². The Balaban J connectivity index is 1.18. The first-order chi connectivity index (χ1) is 31.3. The molecule has 0 spiro atoms. The monoisotopic (exact) mass is 1000 g/mol. The van der Waals surface area contributed by atoms with Crippen molar-refractivity contribution >= 4 is 77.7 Å². The van der Waals surface area contributed by atoms with E-state index in [1.165, 1.54) is 33.4 Å². The molecule has 11 nitrogen and oxygen atoms in total. The molecular weight excluding hydrogens is 948 g/mol. The van der Waals surface area contributed by atoms with Crippen molar-refractivity contribution in [1.82, 2.24) is 9.80 Å². The van der Waals surface area contributed by atoms with Crippen molar-refractivity contribution in [2.45, 2.75) is 71.4 Å². The van der Waals surface area contributed by atoms with Gasteiger partial charge in [-0.2, -0.15) is 8.78 Å². The highest BCUT2D eigenvalue weighted by molar-refractivity contribution is 7.99. The zero-order chi connectivity index (χ0) is 47.3. The predicted octanol–water partition coefficient (Wildman–Crippen LogP) is 9.26. The number of anilines is 2. The molecule has 18 heteroatoms. The summed E-state index contributed by atoms with van der Waals surface area (Å²) in [7, 11) is -10.4. The van der Waals surface area contributed by atoms with Gasteiger partial charge in [-0.05, 0) is 127 Å². The van der Waals surface area contributed by atoms with Crippen molar-refractivity contribution in [3.63, 3.8) is 0 Å². The lowest BCUT2D eigenvalue weighted by molar-refractivity contribution is 0.0974. The molecule has 0 bridgehead atoms. The standard InChI is InChI=1S/C48H57Cl2F2N5O6S3/c1-47(2)21-19-43(35-9-13-38(49)14-10-35)37(32-47)33-55-24-26-56(27-25-55)39-15-11-36(12-16-39)46(58)57(44-18-17-42(66(53,61)62)31-45(44)65(59,60)48(50,51)52)40(34-64-41-7-4-3-5-8-41)20-23-54-22-6-29-63-30-28-54/h3-5,7-18,31,40H,6,19-30,32-34H2,1-2H3,(H2,53,61,62)/t40-/m1/s1. The Hall–Kier alpha value is -3.58. The topological polar surface area (TPSA) is 134 Å². The van der Waals surface area contributed by atoms with Gasteiger partial charge in [0, 0.05) is 91.9 Å². The first-order valence-corrected chi connectivity index (χ1v) is 26.9.